The summed E-state index contributed by atoms with van der Waals surface area (Å²) in [7, 11) is -1.98. The Morgan fingerprint density at radius 2 is 1.19 bits per heavy atom. The largest absolute Gasteiger partial charge is 0.542 e. The molecule has 0 aliphatic rings. The van der Waals surface area contributed by atoms with Crippen LogP contribution in [0.4, 0.5) is 13.2 Å². The van der Waals surface area contributed by atoms with E-state index in [1.807, 2.05) is 18.2 Å². The third-order valence-electron chi connectivity index (χ3n) is 9.42. The molecule has 5 amide bonds. The lowest BCUT2D eigenvalue weighted by Gasteiger charge is -2.27. The summed E-state index contributed by atoms with van der Waals surface area (Å²) >= 11 is 3.96. The molecular weight excluding hydrogens is 853 g/mol. The second-order valence-corrected chi connectivity index (χ2v) is 18.1. The summed E-state index contributed by atoms with van der Waals surface area (Å²) < 4.78 is 31.5. The molecule has 3 rings (SSSR count). The van der Waals surface area contributed by atoms with Crippen molar-refractivity contribution in [3.63, 3.8) is 0 Å². The van der Waals surface area contributed by atoms with Crippen molar-refractivity contribution in [3.05, 3.63) is 91.0 Å². The molecule has 15 nitrogen and oxygen atoms in total. The Bertz CT molecular complexity index is 1820. The van der Waals surface area contributed by atoms with Crippen LogP contribution in [0.1, 0.15) is 58.3 Å². The molecule has 20 heteroatoms. The minimum Gasteiger partial charge on any atom is -0.542 e. The first-order chi connectivity index (χ1) is 29.3. The number of amides is 5. The predicted molar refractivity (Wildman–Crippen MR) is 231 cm³/mol. The summed E-state index contributed by atoms with van der Waals surface area (Å²) in [6.45, 7) is 1.72. The van der Waals surface area contributed by atoms with Crippen LogP contribution in [0.5, 0.6) is 0 Å². The van der Waals surface area contributed by atoms with Gasteiger partial charge < -0.3 is 47.7 Å². The van der Waals surface area contributed by atoms with Gasteiger partial charge in [0.2, 0.25) is 29.5 Å². The normalized spacial score (nSPS) is 13.1. The second-order valence-electron chi connectivity index (χ2n) is 14.1. The number of nitrogens with one attached hydrogen (secondary N) is 4. The second kappa shape index (κ2) is 26.7. The maximum absolute atomic E-state index is 13.1. The van der Waals surface area contributed by atoms with Gasteiger partial charge in [0.15, 0.2) is 0 Å². The number of unbranched alkanes of at least 4 members (excludes halogenated alkanes) is 2. The number of rotatable bonds is 24. The number of hydrogen-bond donors (Lipinski definition) is 8. The summed E-state index contributed by atoms with van der Waals surface area (Å²) in [5.41, 5.74) is 10.9. The number of halogens is 3. The van der Waals surface area contributed by atoms with Crippen molar-refractivity contribution >= 4 is 77.3 Å². The van der Waals surface area contributed by atoms with Crippen molar-refractivity contribution in [1.29, 1.82) is 0 Å². The lowest BCUT2D eigenvalue weighted by molar-refractivity contribution is -0.344. The SMILES string of the molecule is C[C@H](NC(=O)[C@@H](N)CS)C(=O)N[C@@H](CCC(N)=O)C(=O)N[C@@H](CCCCNC(=O)CCCC[P+](c1ccccc1)(c1ccccc1)c1ccccc1)C(=O)O.O=C([O-])C(F)(F)F. The number of aliphatic carboxylic acids is 2. The van der Waals surface area contributed by atoms with E-state index in [0.29, 0.717) is 32.2 Å². The predicted octanol–water partition coefficient (Wildman–Crippen LogP) is 0.817. The number of carbonyl (C=O) groups is 7. The van der Waals surface area contributed by atoms with Crippen molar-refractivity contribution in [2.24, 2.45) is 11.5 Å². The monoisotopic (exact) mass is 906 g/mol. The maximum atomic E-state index is 13.1. The fourth-order valence-electron chi connectivity index (χ4n) is 6.16. The van der Waals surface area contributed by atoms with Gasteiger partial charge in [0.05, 0.1) is 12.2 Å². The van der Waals surface area contributed by atoms with E-state index in [2.05, 4.69) is 107 Å². The summed E-state index contributed by atoms with van der Waals surface area (Å²) in [5.74, 6) is -7.22. The Labute approximate surface area is 364 Å². The zero-order chi connectivity index (χ0) is 46.3. The number of carboxylic acid groups (broad SMARTS) is 2. The third-order valence-corrected chi connectivity index (χ3v) is 14.3. The number of nitrogens with two attached hydrogens (primary N) is 2. The van der Waals surface area contributed by atoms with Crippen LogP contribution in [0.2, 0.25) is 0 Å². The molecule has 0 bridgehead atoms. The first-order valence-corrected chi connectivity index (χ1v) is 22.3. The number of primary amides is 1. The molecule has 4 atom stereocenters. The highest BCUT2D eigenvalue weighted by Gasteiger charge is 2.44. The van der Waals surface area contributed by atoms with E-state index >= 15 is 0 Å². The topological polar surface area (TPSA) is 263 Å². The fourth-order valence-corrected chi connectivity index (χ4v) is 10.7. The fraction of sp³-hybridized carbons (Fsp3) is 0.405. The minimum atomic E-state index is -5.19. The van der Waals surface area contributed by atoms with Gasteiger partial charge in [-0.05, 0) is 81.8 Å². The van der Waals surface area contributed by atoms with E-state index in [4.69, 9.17) is 21.4 Å². The highest BCUT2D eigenvalue weighted by atomic mass is 32.1. The first-order valence-electron chi connectivity index (χ1n) is 19.7. The Balaban J connectivity index is 0.00000173. The number of carboxylic acids is 2. The van der Waals surface area contributed by atoms with Gasteiger partial charge in [-0.25, -0.2) is 4.79 Å². The highest BCUT2D eigenvalue weighted by molar-refractivity contribution is 7.95. The van der Waals surface area contributed by atoms with Gasteiger partial charge in [-0.15, -0.1) is 0 Å². The van der Waals surface area contributed by atoms with Crippen molar-refractivity contribution in [3.8, 4) is 0 Å². The van der Waals surface area contributed by atoms with Crippen LogP contribution in [0.25, 0.3) is 0 Å². The number of alkyl halides is 3. The Morgan fingerprint density at radius 1 is 0.710 bits per heavy atom. The standard InChI is InChI=1S/C40H53N6O7PS.C2HF3O2/c1-28(44-38(50)32(41)27-55)37(49)45-33(23-24-35(42)47)39(51)46-34(40(52)53)21-11-13-25-43-36(48)22-12-14-26-54(29-15-5-2-6-16-29,30-17-7-3-8-18-30)31-19-9-4-10-20-31;3-2(4,5)1(6)7/h2-10,15-20,28,32-34H,11-14,21-27,41H2,1H3,(H7-,42,43,44,45,46,47,48,49,50,51,52,53,55);(H,6,7)/t28-,32-,33-,34-;/m0./s1. The molecule has 0 aliphatic heterocycles. The summed E-state index contributed by atoms with van der Waals surface area (Å²) in [6, 6.07) is 27.2. The summed E-state index contributed by atoms with van der Waals surface area (Å²) in [4.78, 5) is 82.9. The molecule has 0 radical (unpaired) electrons. The lowest BCUT2D eigenvalue weighted by atomic mass is 10.1. The zero-order valence-electron chi connectivity index (χ0n) is 34.1. The van der Waals surface area contributed by atoms with Gasteiger partial charge >= 0.3 is 12.1 Å². The molecule has 62 heavy (non-hydrogen) atoms. The molecule has 0 saturated carbocycles. The van der Waals surface area contributed by atoms with Gasteiger partial charge in [0.25, 0.3) is 0 Å². The Kier molecular flexibility index (Phi) is 22.7. The van der Waals surface area contributed by atoms with Crippen molar-refractivity contribution < 1.29 is 56.9 Å². The van der Waals surface area contributed by atoms with Crippen LogP contribution < -0.4 is 53.8 Å². The average Bonchev–Trinajstić information content (AvgIpc) is 3.24. The van der Waals surface area contributed by atoms with Crippen LogP contribution in [-0.4, -0.2) is 95.4 Å². The molecule has 3 aromatic rings. The van der Waals surface area contributed by atoms with Crippen molar-refractivity contribution in [1.82, 2.24) is 21.3 Å². The van der Waals surface area contributed by atoms with Gasteiger partial charge in [-0.2, -0.15) is 25.8 Å². The highest BCUT2D eigenvalue weighted by Crippen LogP contribution is 2.56. The molecule has 0 heterocycles. The minimum absolute atomic E-state index is 0.0505. The van der Waals surface area contributed by atoms with Gasteiger partial charge in [0, 0.05) is 25.1 Å². The molecular formula is C42H54F3N6O9PS. The smallest absolute Gasteiger partial charge is 0.430 e. The molecule has 338 valence electrons. The molecule has 3 aromatic carbocycles. The number of hydrogen-bond acceptors (Lipinski definition) is 10. The molecule has 0 unspecified atom stereocenters. The number of benzene rings is 3. The Morgan fingerprint density at radius 3 is 1.63 bits per heavy atom. The van der Waals surface area contributed by atoms with Crippen LogP contribution in [0.15, 0.2) is 91.0 Å². The van der Waals surface area contributed by atoms with Crippen molar-refractivity contribution in [2.45, 2.75) is 88.6 Å². The molecule has 0 fully saturated rings. The van der Waals surface area contributed by atoms with Crippen LogP contribution in [-0.2, 0) is 33.6 Å². The summed E-state index contributed by atoms with van der Waals surface area (Å²) in [5, 5.41) is 32.7. The molecule has 0 spiro atoms. The third kappa shape index (κ3) is 17.8. The molecule has 9 N–H and O–H groups in total. The Hall–Kier alpha value is -5.52. The summed E-state index contributed by atoms with van der Waals surface area (Å²) in [6.07, 6.45) is -1.90. The number of thiol groups is 1. The van der Waals surface area contributed by atoms with Crippen LogP contribution in [0.3, 0.4) is 0 Å². The molecule has 0 aliphatic carbocycles. The van der Waals surface area contributed by atoms with E-state index in [-0.39, 0.29) is 30.9 Å². The van der Waals surface area contributed by atoms with Gasteiger partial charge in [-0.3, -0.25) is 24.0 Å². The first kappa shape index (κ1) is 52.6. The molecule has 0 aromatic heterocycles. The van der Waals surface area contributed by atoms with E-state index in [1.54, 1.807) is 0 Å². The van der Waals surface area contributed by atoms with Gasteiger partial charge in [0.1, 0.15) is 47.3 Å². The van der Waals surface area contributed by atoms with E-state index in [9.17, 15) is 47.0 Å². The molecule has 0 saturated heterocycles. The van der Waals surface area contributed by atoms with Gasteiger partial charge in [-0.1, -0.05) is 54.6 Å². The van der Waals surface area contributed by atoms with Crippen LogP contribution in [0, 0.1) is 0 Å². The van der Waals surface area contributed by atoms with Crippen molar-refractivity contribution in [2.75, 3.05) is 18.5 Å². The zero-order valence-corrected chi connectivity index (χ0v) is 35.9. The lowest BCUT2D eigenvalue weighted by Crippen LogP contribution is -2.56. The van der Waals surface area contributed by atoms with E-state index in [0.717, 1.165) is 12.6 Å². The van der Waals surface area contributed by atoms with Crippen LogP contribution >= 0.6 is 19.9 Å². The van der Waals surface area contributed by atoms with E-state index < -0.39 is 73.2 Å². The quantitative estimate of drug-likeness (QED) is 0.0357. The average molecular weight is 907 g/mol. The van der Waals surface area contributed by atoms with E-state index in [1.165, 1.54) is 22.8 Å². The maximum Gasteiger partial charge on any atom is 0.430 e. The number of carbonyl (C=O) groups excluding carboxylic acids is 6.